The maximum absolute atomic E-state index is 11.8. The van der Waals surface area contributed by atoms with Crippen LogP contribution in [0.5, 0.6) is 0 Å². The molecule has 17 heavy (non-hydrogen) atoms. The molecule has 2 N–H and O–H groups in total. The van der Waals surface area contributed by atoms with Gasteiger partial charge >= 0.3 is 0 Å². The van der Waals surface area contributed by atoms with E-state index in [1.54, 1.807) is 0 Å². The summed E-state index contributed by atoms with van der Waals surface area (Å²) in [6.45, 7) is 6.83. The summed E-state index contributed by atoms with van der Waals surface area (Å²) in [5.41, 5.74) is -0.659. The SMILES string of the molecule is CCC(C)(O)CNCCC(=O)N1CCCCC1. The first-order valence-electron chi connectivity index (χ1n) is 6.76. The Labute approximate surface area is 104 Å². The summed E-state index contributed by atoms with van der Waals surface area (Å²) in [4.78, 5) is 13.8. The maximum Gasteiger partial charge on any atom is 0.223 e. The number of carbonyl (C=O) groups is 1. The average Bonchev–Trinajstić information content (AvgIpc) is 2.35. The maximum atomic E-state index is 11.8. The van der Waals surface area contributed by atoms with E-state index in [-0.39, 0.29) is 5.91 Å². The molecular weight excluding hydrogens is 216 g/mol. The first kappa shape index (κ1) is 14.5. The van der Waals surface area contributed by atoms with Crippen molar-refractivity contribution >= 4 is 5.91 Å². The smallest absolute Gasteiger partial charge is 0.223 e. The van der Waals surface area contributed by atoms with Crippen molar-refractivity contribution in [2.45, 2.75) is 51.6 Å². The monoisotopic (exact) mass is 242 g/mol. The lowest BCUT2D eigenvalue weighted by Gasteiger charge is -2.27. The lowest BCUT2D eigenvalue weighted by atomic mass is 10.0. The number of amides is 1. The molecule has 1 unspecified atom stereocenters. The van der Waals surface area contributed by atoms with E-state index < -0.39 is 5.60 Å². The Kier molecular flexibility index (Phi) is 5.92. The number of likely N-dealkylation sites (tertiary alicyclic amines) is 1. The van der Waals surface area contributed by atoms with Crippen LogP contribution < -0.4 is 5.32 Å². The number of nitrogens with zero attached hydrogens (tertiary/aromatic N) is 1. The predicted octanol–water partition coefficient (Wildman–Crippen LogP) is 1.14. The molecule has 4 heteroatoms. The zero-order valence-corrected chi connectivity index (χ0v) is 11.2. The van der Waals surface area contributed by atoms with Gasteiger partial charge in [-0.05, 0) is 32.6 Å². The average molecular weight is 242 g/mol. The van der Waals surface area contributed by atoms with Gasteiger partial charge in [0.15, 0.2) is 0 Å². The molecule has 0 radical (unpaired) electrons. The van der Waals surface area contributed by atoms with Crippen LogP contribution >= 0.6 is 0 Å². The van der Waals surface area contributed by atoms with E-state index in [0.29, 0.717) is 19.5 Å². The molecule has 0 spiro atoms. The molecule has 1 saturated heterocycles. The minimum atomic E-state index is -0.659. The fourth-order valence-electron chi connectivity index (χ4n) is 1.98. The van der Waals surface area contributed by atoms with Gasteiger partial charge in [-0.15, -0.1) is 0 Å². The molecule has 1 fully saturated rings. The molecule has 1 aliphatic heterocycles. The summed E-state index contributed by atoms with van der Waals surface area (Å²) in [5, 5.41) is 12.9. The topological polar surface area (TPSA) is 52.6 Å². The van der Waals surface area contributed by atoms with E-state index in [0.717, 1.165) is 32.4 Å². The molecule has 0 bridgehead atoms. The van der Waals surface area contributed by atoms with Gasteiger partial charge in [0.05, 0.1) is 5.60 Å². The Morgan fingerprint density at radius 1 is 1.35 bits per heavy atom. The van der Waals surface area contributed by atoms with Crippen LogP contribution in [0.2, 0.25) is 0 Å². The van der Waals surface area contributed by atoms with Crippen LogP contribution in [0.3, 0.4) is 0 Å². The molecule has 4 nitrogen and oxygen atoms in total. The third-order valence-corrected chi connectivity index (χ3v) is 3.49. The van der Waals surface area contributed by atoms with Gasteiger partial charge in [0.25, 0.3) is 0 Å². The van der Waals surface area contributed by atoms with Gasteiger partial charge in [0, 0.05) is 32.6 Å². The summed E-state index contributed by atoms with van der Waals surface area (Å²) in [7, 11) is 0. The lowest BCUT2D eigenvalue weighted by Crippen LogP contribution is -2.40. The molecule has 0 saturated carbocycles. The van der Waals surface area contributed by atoms with E-state index in [9.17, 15) is 9.90 Å². The normalized spacial score (nSPS) is 20.1. The van der Waals surface area contributed by atoms with Crippen molar-refractivity contribution in [3.05, 3.63) is 0 Å². The van der Waals surface area contributed by atoms with Gasteiger partial charge in [-0.25, -0.2) is 0 Å². The van der Waals surface area contributed by atoms with Crippen LogP contribution in [0.1, 0.15) is 46.0 Å². The van der Waals surface area contributed by atoms with Crippen LogP contribution in [-0.2, 0) is 4.79 Å². The van der Waals surface area contributed by atoms with Gasteiger partial charge < -0.3 is 15.3 Å². The quantitative estimate of drug-likeness (QED) is 0.687. The molecule has 1 heterocycles. The second-order valence-corrected chi connectivity index (χ2v) is 5.22. The van der Waals surface area contributed by atoms with Crippen LogP contribution in [-0.4, -0.2) is 47.7 Å². The molecular formula is C13H26N2O2. The van der Waals surface area contributed by atoms with E-state index in [1.165, 1.54) is 6.42 Å². The van der Waals surface area contributed by atoms with Crippen molar-refractivity contribution in [3.63, 3.8) is 0 Å². The molecule has 0 aromatic rings. The minimum absolute atomic E-state index is 0.244. The molecule has 1 amide bonds. The van der Waals surface area contributed by atoms with E-state index in [1.807, 2.05) is 18.7 Å². The van der Waals surface area contributed by atoms with E-state index >= 15 is 0 Å². The number of rotatable bonds is 6. The Bertz CT molecular complexity index is 236. The van der Waals surface area contributed by atoms with Crippen molar-refractivity contribution in [2.24, 2.45) is 0 Å². The van der Waals surface area contributed by atoms with Crippen molar-refractivity contribution in [1.82, 2.24) is 10.2 Å². The van der Waals surface area contributed by atoms with Crippen molar-refractivity contribution in [1.29, 1.82) is 0 Å². The van der Waals surface area contributed by atoms with Crippen LogP contribution in [0.4, 0.5) is 0 Å². The van der Waals surface area contributed by atoms with Gasteiger partial charge in [-0.1, -0.05) is 6.92 Å². The number of carbonyl (C=O) groups excluding carboxylic acids is 1. The summed E-state index contributed by atoms with van der Waals surface area (Å²) in [6.07, 6.45) is 4.80. The molecule has 0 aliphatic carbocycles. The number of piperidine rings is 1. The highest BCUT2D eigenvalue weighted by molar-refractivity contribution is 5.76. The first-order valence-corrected chi connectivity index (χ1v) is 6.76. The fourth-order valence-corrected chi connectivity index (χ4v) is 1.98. The van der Waals surface area contributed by atoms with Crippen LogP contribution in [0.25, 0.3) is 0 Å². The van der Waals surface area contributed by atoms with E-state index in [4.69, 9.17) is 0 Å². The third-order valence-electron chi connectivity index (χ3n) is 3.49. The third kappa shape index (κ3) is 5.50. The summed E-state index contributed by atoms with van der Waals surface area (Å²) < 4.78 is 0. The molecule has 1 rings (SSSR count). The summed E-state index contributed by atoms with van der Waals surface area (Å²) >= 11 is 0. The van der Waals surface area contributed by atoms with Crippen LogP contribution in [0, 0.1) is 0 Å². The number of aliphatic hydroxyl groups is 1. The van der Waals surface area contributed by atoms with Crippen molar-refractivity contribution in [3.8, 4) is 0 Å². The highest BCUT2D eigenvalue weighted by Gasteiger charge is 2.18. The predicted molar refractivity (Wildman–Crippen MR) is 68.8 cm³/mol. The Hall–Kier alpha value is -0.610. The fraction of sp³-hybridized carbons (Fsp3) is 0.923. The second-order valence-electron chi connectivity index (χ2n) is 5.22. The number of hydrogen-bond acceptors (Lipinski definition) is 3. The standard InChI is InChI=1S/C13H26N2O2/c1-3-13(2,17)11-14-8-7-12(16)15-9-5-4-6-10-15/h14,17H,3-11H2,1-2H3. The molecule has 0 aromatic carbocycles. The highest BCUT2D eigenvalue weighted by atomic mass is 16.3. The summed E-state index contributed by atoms with van der Waals surface area (Å²) in [5.74, 6) is 0.244. The zero-order chi connectivity index (χ0) is 12.7. The Morgan fingerprint density at radius 3 is 2.59 bits per heavy atom. The first-order chi connectivity index (χ1) is 8.05. The lowest BCUT2D eigenvalue weighted by molar-refractivity contribution is -0.132. The van der Waals surface area contributed by atoms with Crippen LogP contribution in [0.15, 0.2) is 0 Å². The Balaban J connectivity index is 2.11. The van der Waals surface area contributed by atoms with Gasteiger partial charge in [0.2, 0.25) is 5.91 Å². The molecule has 100 valence electrons. The summed E-state index contributed by atoms with van der Waals surface area (Å²) in [6, 6.07) is 0. The van der Waals surface area contributed by atoms with Crippen molar-refractivity contribution in [2.75, 3.05) is 26.2 Å². The molecule has 1 aliphatic rings. The van der Waals surface area contributed by atoms with Gasteiger partial charge in [-0.3, -0.25) is 4.79 Å². The molecule has 0 aromatic heterocycles. The molecule has 1 atom stereocenters. The Morgan fingerprint density at radius 2 is 2.00 bits per heavy atom. The van der Waals surface area contributed by atoms with Gasteiger partial charge in [-0.2, -0.15) is 0 Å². The number of hydrogen-bond donors (Lipinski definition) is 2. The second kappa shape index (κ2) is 6.97. The zero-order valence-electron chi connectivity index (χ0n) is 11.2. The van der Waals surface area contributed by atoms with Gasteiger partial charge in [0.1, 0.15) is 0 Å². The van der Waals surface area contributed by atoms with E-state index in [2.05, 4.69) is 5.32 Å². The van der Waals surface area contributed by atoms with Crippen molar-refractivity contribution < 1.29 is 9.90 Å². The number of nitrogens with one attached hydrogen (secondary N) is 1. The largest absolute Gasteiger partial charge is 0.389 e. The highest BCUT2D eigenvalue weighted by Crippen LogP contribution is 2.10. The minimum Gasteiger partial charge on any atom is -0.389 e.